The van der Waals surface area contributed by atoms with E-state index >= 15 is 0 Å². The van der Waals surface area contributed by atoms with Gasteiger partial charge in [0.15, 0.2) is 0 Å². The number of halogens is 3. The minimum atomic E-state index is -4.36. The Morgan fingerprint density at radius 2 is 1.90 bits per heavy atom. The molecule has 2 rings (SSSR count). The molecule has 0 N–H and O–H groups in total. The Balaban J connectivity index is 2.06. The van der Waals surface area contributed by atoms with Crippen molar-refractivity contribution < 1.29 is 21.8 Å². The van der Waals surface area contributed by atoms with Crippen LogP contribution >= 0.6 is 0 Å². The van der Waals surface area contributed by atoms with Crippen LogP contribution in [0.4, 0.5) is 13.2 Å². The Hall–Kier alpha value is -1.63. The second-order valence-electron chi connectivity index (χ2n) is 4.67. The minimum absolute atomic E-state index is 0.154. The molecule has 0 radical (unpaired) electrons. The minimum Gasteiger partial charge on any atom is -0.445 e. The van der Waals surface area contributed by atoms with E-state index in [2.05, 4.69) is 4.98 Å². The van der Waals surface area contributed by atoms with Gasteiger partial charge in [0.05, 0.1) is 11.8 Å². The predicted octanol–water partition coefficient (Wildman–Crippen LogP) is 4.01. The molecular weight excluding hydrogens is 303 g/mol. The Bertz CT molecular complexity index is 634. The molecule has 1 aromatic carbocycles. The van der Waals surface area contributed by atoms with Crippen LogP contribution in [0.15, 0.2) is 34.9 Å². The van der Waals surface area contributed by atoms with Gasteiger partial charge in [-0.15, -0.1) is 0 Å². The van der Waals surface area contributed by atoms with Gasteiger partial charge in [-0.05, 0) is 31.5 Å². The van der Waals surface area contributed by atoms with Gasteiger partial charge < -0.3 is 4.42 Å². The van der Waals surface area contributed by atoms with Crippen molar-refractivity contribution in [2.24, 2.45) is 0 Å². The summed E-state index contributed by atoms with van der Waals surface area (Å²) >= 11 is 0. The second kappa shape index (κ2) is 6.01. The van der Waals surface area contributed by atoms with Crippen LogP contribution in [0, 0.1) is 6.92 Å². The first-order valence-corrected chi connectivity index (χ1v) is 7.61. The fraction of sp³-hybridized carbons (Fsp3) is 0.357. The highest BCUT2D eigenvalue weighted by Gasteiger charge is 2.30. The van der Waals surface area contributed by atoms with E-state index in [1.165, 1.54) is 12.1 Å². The zero-order chi connectivity index (χ0) is 15.6. The van der Waals surface area contributed by atoms with E-state index in [0.717, 1.165) is 12.1 Å². The summed E-state index contributed by atoms with van der Waals surface area (Å²) < 4.78 is 54.9. The smallest absolute Gasteiger partial charge is 0.416 e. The fourth-order valence-corrected chi connectivity index (χ4v) is 2.86. The Morgan fingerprint density at radius 1 is 1.29 bits per heavy atom. The van der Waals surface area contributed by atoms with Gasteiger partial charge in [-0.1, -0.05) is 12.1 Å². The largest absolute Gasteiger partial charge is 0.445 e. The third kappa shape index (κ3) is 3.93. The summed E-state index contributed by atoms with van der Waals surface area (Å²) in [6.45, 7) is 3.45. The molecule has 0 aliphatic rings. The van der Waals surface area contributed by atoms with Crippen molar-refractivity contribution in [2.75, 3.05) is 0 Å². The number of hydrogen-bond acceptors (Lipinski definition) is 3. The van der Waals surface area contributed by atoms with Crippen molar-refractivity contribution in [1.82, 2.24) is 4.98 Å². The molecule has 0 aliphatic carbocycles. The maximum atomic E-state index is 12.5. The van der Waals surface area contributed by atoms with Crippen molar-refractivity contribution in [3.63, 3.8) is 0 Å². The van der Waals surface area contributed by atoms with Crippen LogP contribution in [-0.4, -0.2) is 9.19 Å². The summed E-state index contributed by atoms with van der Waals surface area (Å²) in [7, 11) is -1.32. The first-order valence-electron chi connectivity index (χ1n) is 6.23. The third-order valence-electron chi connectivity index (χ3n) is 2.97. The molecule has 1 aromatic heterocycles. The zero-order valence-corrected chi connectivity index (χ0v) is 12.3. The molecule has 7 heteroatoms. The quantitative estimate of drug-likeness (QED) is 0.855. The average molecular weight is 317 g/mol. The fourth-order valence-electron chi connectivity index (χ4n) is 1.75. The molecule has 3 nitrogen and oxygen atoms in total. The zero-order valence-electron chi connectivity index (χ0n) is 11.5. The number of nitrogens with zero attached hydrogens (tertiary/aromatic N) is 1. The Morgan fingerprint density at radius 3 is 2.38 bits per heavy atom. The van der Waals surface area contributed by atoms with E-state index in [9.17, 15) is 17.4 Å². The maximum absolute atomic E-state index is 12.5. The van der Waals surface area contributed by atoms with Crippen LogP contribution in [0.3, 0.4) is 0 Å². The lowest BCUT2D eigenvalue weighted by Gasteiger charge is -2.10. The van der Waals surface area contributed by atoms with Gasteiger partial charge in [0.1, 0.15) is 11.0 Å². The maximum Gasteiger partial charge on any atom is 0.416 e. The third-order valence-corrected chi connectivity index (χ3v) is 4.58. The summed E-state index contributed by atoms with van der Waals surface area (Å²) in [5.74, 6) is 1.15. The monoisotopic (exact) mass is 317 g/mol. The molecule has 0 amide bonds. The van der Waals surface area contributed by atoms with Crippen LogP contribution in [0.1, 0.15) is 35.0 Å². The van der Waals surface area contributed by atoms with E-state index in [1.807, 2.05) is 0 Å². The van der Waals surface area contributed by atoms with E-state index in [4.69, 9.17) is 4.42 Å². The van der Waals surface area contributed by atoms with Gasteiger partial charge in [0.2, 0.25) is 5.89 Å². The second-order valence-corrected chi connectivity index (χ2v) is 6.43. The Kier molecular flexibility index (Phi) is 4.51. The van der Waals surface area contributed by atoms with Gasteiger partial charge >= 0.3 is 6.18 Å². The van der Waals surface area contributed by atoms with Crippen LogP contribution in [0.25, 0.3) is 0 Å². The first-order chi connectivity index (χ1) is 9.77. The van der Waals surface area contributed by atoms with E-state index in [1.54, 1.807) is 20.0 Å². The van der Waals surface area contributed by atoms with Crippen molar-refractivity contribution in [1.29, 1.82) is 0 Å². The topological polar surface area (TPSA) is 43.1 Å². The number of benzene rings is 1. The number of oxazole rings is 1. The molecule has 1 heterocycles. The molecule has 0 saturated heterocycles. The number of aryl methyl sites for hydroxylation is 1. The Labute approximate surface area is 122 Å². The number of aromatic nitrogens is 1. The molecule has 2 aromatic rings. The normalized spacial score (nSPS) is 14.9. The van der Waals surface area contributed by atoms with Gasteiger partial charge in [-0.25, -0.2) is 4.98 Å². The summed E-state index contributed by atoms with van der Waals surface area (Å²) in [5.41, 5.74) is -0.134. The molecule has 0 fully saturated rings. The molecule has 0 bridgehead atoms. The van der Waals surface area contributed by atoms with Crippen molar-refractivity contribution in [2.45, 2.75) is 31.0 Å². The van der Waals surface area contributed by atoms with Gasteiger partial charge in [0, 0.05) is 16.6 Å². The summed E-state index contributed by atoms with van der Waals surface area (Å²) in [5, 5.41) is -0.416. The molecule has 0 aliphatic heterocycles. The van der Waals surface area contributed by atoms with Crippen LogP contribution in [0.2, 0.25) is 0 Å². The van der Waals surface area contributed by atoms with Gasteiger partial charge in [-0.2, -0.15) is 13.2 Å². The lowest BCUT2D eigenvalue weighted by atomic mass is 10.1. The summed E-state index contributed by atoms with van der Waals surface area (Å²) in [6, 6.07) is 4.67. The lowest BCUT2D eigenvalue weighted by Crippen LogP contribution is -2.07. The van der Waals surface area contributed by atoms with Crippen LogP contribution in [0.5, 0.6) is 0 Å². The highest BCUT2D eigenvalue weighted by molar-refractivity contribution is 7.84. The lowest BCUT2D eigenvalue weighted by molar-refractivity contribution is -0.137. The molecule has 0 saturated carbocycles. The van der Waals surface area contributed by atoms with E-state index < -0.39 is 27.8 Å². The number of alkyl halides is 3. The molecule has 2 atom stereocenters. The highest BCUT2D eigenvalue weighted by atomic mass is 32.2. The average Bonchev–Trinajstić information content (AvgIpc) is 2.84. The van der Waals surface area contributed by atoms with Gasteiger partial charge in [0.25, 0.3) is 0 Å². The number of rotatable bonds is 4. The van der Waals surface area contributed by atoms with Crippen LogP contribution in [-0.2, 0) is 22.7 Å². The van der Waals surface area contributed by atoms with Gasteiger partial charge in [-0.3, -0.25) is 4.21 Å². The van der Waals surface area contributed by atoms with Crippen molar-refractivity contribution in [3.05, 3.63) is 53.2 Å². The predicted molar refractivity (Wildman–Crippen MR) is 72.9 cm³/mol. The first kappa shape index (κ1) is 15.8. The van der Waals surface area contributed by atoms with Crippen molar-refractivity contribution in [3.8, 4) is 0 Å². The number of hydrogen-bond donors (Lipinski definition) is 0. The molecule has 2 unspecified atom stereocenters. The molecule has 0 spiro atoms. The van der Waals surface area contributed by atoms with Crippen LogP contribution < -0.4 is 0 Å². The summed E-state index contributed by atoms with van der Waals surface area (Å²) in [4.78, 5) is 4.02. The molecule has 114 valence electrons. The SMILES string of the molecule is Cc1cnc(C(C)S(=O)Cc2ccc(C(F)(F)F)cc2)o1. The summed E-state index contributed by atoms with van der Waals surface area (Å²) in [6.07, 6.45) is -2.82. The molecular formula is C14H14F3NO2S. The van der Waals surface area contributed by atoms with E-state index in [0.29, 0.717) is 17.2 Å². The highest BCUT2D eigenvalue weighted by Crippen LogP contribution is 2.29. The molecule has 21 heavy (non-hydrogen) atoms. The van der Waals surface area contributed by atoms with E-state index in [-0.39, 0.29) is 5.75 Å². The standard InChI is InChI=1S/C14H14F3NO2S/c1-9-7-18-13(20-9)10(2)21(19)8-11-3-5-12(6-4-11)14(15,16)17/h3-7,10H,8H2,1-2H3. The van der Waals surface area contributed by atoms with Crippen molar-refractivity contribution >= 4 is 10.8 Å².